The summed E-state index contributed by atoms with van der Waals surface area (Å²) in [6, 6.07) is 18.4. The topological polar surface area (TPSA) is 89.0 Å². The Morgan fingerprint density at radius 1 is 1.03 bits per heavy atom. The number of ether oxygens (including phenoxy) is 2. The molecule has 0 fully saturated rings. The molecule has 30 heavy (non-hydrogen) atoms. The van der Waals surface area contributed by atoms with Crippen LogP contribution in [-0.4, -0.2) is 31.7 Å². The van der Waals surface area contributed by atoms with Crippen molar-refractivity contribution in [1.82, 2.24) is 5.43 Å². The van der Waals surface area contributed by atoms with Gasteiger partial charge in [-0.2, -0.15) is 5.10 Å². The normalized spacial score (nSPS) is 10.7. The second-order valence-electron chi connectivity index (χ2n) is 6.43. The van der Waals surface area contributed by atoms with Crippen molar-refractivity contribution < 1.29 is 19.1 Å². The number of carbonyl (C=O) groups excluding carboxylic acids is 2. The van der Waals surface area contributed by atoms with E-state index in [0.29, 0.717) is 23.8 Å². The minimum atomic E-state index is -0.884. The van der Waals surface area contributed by atoms with Crippen LogP contribution in [0.15, 0.2) is 65.8 Å². The molecule has 0 aromatic heterocycles. The lowest BCUT2D eigenvalue weighted by Gasteiger charge is -2.11. The molecule has 3 aromatic rings. The Morgan fingerprint density at radius 2 is 1.87 bits per heavy atom. The van der Waals surface area contributed by atoms with Crippen LogP contribution < -0.4 is 20.2 Å². The zero-order valence-electron chi connectivity index (χ0n) is 16.8. The molecule has 0 bridgehead atoms. The Bertz CT molecular complexity index is 1080. The van der Waals surface area contributed by atoms with Gasteiger partial charge in [0.2, 0.25) is 0 Å². The summed E-state index contributed by atoms with van der Waals surface area (Å²) in [5, 5.41) is 8.42. The van der Waals surface area contributed by atoms with Crippen LogP contribution in [0, 0.1) is 0 Å². The maximum atomic E-state index is 12.1. The zero-order valence-corrected chi connectivity index (χ0v) is 16.8. The van der Waals surface area contributed by atoms with Crippen molar-refractivity contribution in [2.24, 2.45) is 5.10 Å². The Kier molecular flexibility index (Phi) is 7.00. The average Bonchev–Trinajstić information content (AvgIpc) is 2.78. The number of rotatable bonds is 7. The van der Waals surface area contributed by atoms with Crippen LogP contribution >= 0.6 is 0 Å². The van der Waals surface area contributed by atoms with E-state index < -0.39 is 11.8 Å². The van der Waals surface area contributed by atoms with E-state index >= 15 is 0 Å². The number of hydrazone groups is 1. The smallest absolute Gasteiger partial charge is 0.329 e. The molecule has 0 saturated heterocycles. The molecule has 0 atom stereocenters. The largest absolute Gasteiger partial charge is 0.497 e. The number of benzene rings is 3. The third kappa shape index (κ3) is 5.14. The maximum absolute atomic E-state index is 12.1. The van der Waals surface area contributed by atoms with Crippen LogP contribution in [0.1, 0.15) is 18.9 Å². The molecule has 7 heteroatoms. The zero-order chi connectivity index (χ0) is 21.3. The van der Waals surface area contributed by atoms with Crippen molar-refractivity contribution in [2.75, 3.05) is 19.0 Å². The van der Waals surface area contributed by atoms with E-state index in [2.05, 4.69) is 15.8 Å². The third-order valence-corrected chi connectivity index (χ3v) is 4.29. The van der Waals surface area contributed by atoms with Gasteiger partial charge in [0.05, 0.1) is 19.9 Å². The molecular weight excluding hydrogens is 382 g/mol. The summed E-state index contributed by atoms with van der Waals surface area (Å²) in [7, 11) is 1.52. The highest BCUT2D eigenvalue weighted by molar-refractivity contribution is 6.39. The molecule has 0 aliphatic heterocycles. The lowest BCUT2D eigenvalue weighted by atomic mass is 10.0. The van der Waals surface area contributed by atoms with Gasteiger partial charge >= 0.3 is 11.8 Å². The second-order valence-corrected chi connectivity index (χ2v) is 6.43. The van der Waals surface area contributed by atoms with Gasteiger partial charge in [-0.3, -0.25) is 9.59 Å². The van der Waals surface area contributed by atoms with E-state index in [4.69, 9.17) is 9.47 Å². The van der Waals surface area contributed by atoms with Crippen LogP contribution in [0.4, 0.5) is 5.69 Å². The molecule has 7 nitrogen and oxygen atoms in total. The Morgan fingerprint density at radius 3 is 2.67 bits per heavy atom. The number of fused-ring (bicyclic) bond motifs is 1. The van der Waals surface area contributed by atoms with Gasteiger partial charge in [0.15, 0.2) is 0 Å². The fourth-order valence-corrected chi connectivity index (χ4v) is 2.84. The maximum Gasteiger partial charge on any atom is 0.329 e. The van der Waals surface area contributed by atoms with Crippen molar-refractivity contribution in [2.45, 2.75) is 13.3 Å². The van der Waals surface area contributed by atoms with Crippen LogP contribution in [-0.2, 0) is 9.59 Å². The van der Waals surface area contributed by atoms with Crippen molar-refractivity contribution in [3.8, 4) is 11.5 Å². The van der Waals surface area contributed by atoms with E-state index in [9.17, 15) is 9.59 Å². The molecule has 0 heterocycles. The molecule has 0 saturated carbocycles. The second kappa shape index (κ2) is 10.1. The van der Waals surface area contributed by atoms with Gasteiger partial charge in [-0.15, -0.1) is 0 Å². The number of amides is 2. The standard InChI is InChI=1S/C23H23N3O4/c1-3-13-30-21-12-11-16-7-4-5-10-19(16)20(21)15-24-26-23(28)22(27)25-17-8-6-9-18(14-17)29-2/h4-12,14-15H,3,13H2,1-2H3,(H,25,27)(H,26,28)/b24-15-. The van der Waals surface area contributed by atoms with E-state index in [0.717, 1.165) is 22.8 Å². The average molecular weight is 405 g/mol. The first-order chi connectivity index (χ1) is 14.6. The number of hydrogen-bond acceptors (Lipinski definition) is 5. The van der Waals surface area contributed by atoms with Crippen LogP contribution in [0.2, 0.25) is 0 Å². The summed E-state index contributed by atoms with van der Waals surface area (Å²) in [6.07, 6.45) is 2.36. The summed E-state index contributed by atoms with van der Waals surface area (Å²) in [4.78, 5) is 24.2. The predicted molar refractivity (Wildman–Crippen MR) is 117 cm³/mol. The minimum absolute atomic E-state index is 0.447. The lowest BCUT2D eigenvalue weighted by Crippen LogP contribution is -2.32. The molecule has 0 aliphatic carbocycles. The van der Waals surface area contributed by atoms with Crippen LogP contribution in [0.3, 0.4) is 0 Å². The van der Waals surface area contributed by atoms with E-state index in [1.807, 2.05) is 43.3 Å². The van der Waals surface area contributed by atoms with Gasteiger partial charge < -0.3 is 14.8 Å². The number of methoxy groups -OCH3 is 1. The monoisotopic (exact) mass is 405 g/mol. The summed E-state index contributed by atoms with van der Waals surface area (Å²) in [5.74, 6) is -0.484. The van der Waals surface area contributed by atoms with Crippen molar-refractivity contribution in [3.63, 3.8) is 0 Å². The quantitative estimate of drug-likeness (QED) is 0.356. The van der Waals surface area contributed by atoms with Gasteiger partial charge in [0, 0.05) is 17.3 Å². The molecule has 0 radical (unpaired) electrons. The first-order valence-corrected chi connectivity index (χ1v) is 9.55. The molecule has 2 N–H and O–H groups in total. The first-order valence-electron chi connectivity index (χ1n) is 9.55. The molecular formula is C23H23N3O4. The van der Waals surface area contributed by atoms with Crippen LogP contribution in [0.25, 0.3) is 10.8 Å². The van der Waals surface area contributed by atoms with E-state index in [-0.39, 0.29) is 0 Å². The van der Waals surface area contributed by atoms with Gasteiger partial charge in [-0.1, -0.05) is 43.3 Å². The Hall–Kier alpha value is -3.87. The summed E-state index contributed by atoms with van der Waals surface area (Å²) < 4.78 is 10.9. The number of hydrogen-bond donors (Lipinski definition) is 2. The van der Waals surface area contributed by atoms with E-state index in [1.54, 1.807) is 24.3 Å². The van der Waals surface area contributed by atoms with Gasteiger partial charge in [-0.05, 0) is 35.4 Å². The summed E-state index contributed by atoms with van der Waals surface area (Å²) in [6.45, 7) is 2.59. The highest BCUT2D eigenvalue weighted by Gasteiger charge is 2.13. The summed E-state index contributed by atoms with van der Waals surface area (Å²) in [5.41, 5.74) is 3.44. The number of anilines is 1. The SMILES string of the molecule is CCCOc1ccc2ccccc2c1/C=N\NC(=O)C(=O)Nc1cccc(OC)c1. The highest BCUT2D eigenvalue weighted by Crippen LogP contribution is 2.26. The predicted octanol–water partition coefficient (Wildman–Crippen LogP) is 3.73. The molecule has 0 spiro atoms. The number of carbonyl (C=O) groups is 2. The van der Waals surface area contributed by atoms with Gasteiger partial charge in [-0.25, -0.2) is 5.43 Å². The lowest BCUT2D eigenvalue weighted by molar-refractivity contribution is -0.136. The Balaban J connectivity index is 1.72. The third-order valence-electron chi connectivity index (χ3n) is 4.29. The van der Waals surface area contributed by atoms with E-state index in [1.165, 1.54) is 13.3 Å². The highest BCUT2D eigenvalue weighted by atomic mass is 16.5. The molecule has 154 valence electrons. The molecule has 3 aromatic carbocycles. The Labute approximate surface area is 174 Å². The van der Waals surface area contributed by atoms with Crippen molar-refractivity contribution in [3.05, 3.63) is 66.2 Å². The van der Waals surface area contributed by atoms with Crippen molar-refractivity contribution >= 4 is 34.5 Å². The molecule has 0 unspecified atom stereocenters. The molecule has 0 aliphatic rings. The first kappa shape index (κ1) is 20.9. The van der Waals surface area contributed by atoms with Gasteiger partial charge in [0.25, 0.3) is 0 Å². The van der Waals surface area contributed by atoms with Crippen LogP contribution in [0.5, 0.6) is 11.5 Å². The molecule has 3 rings (SSSR count). The van der Waals surface area contributed by atoms with Crippen molar-refractivity contribution in [1.29, 1.82) is 0 Å². The fourth-order valence-electron chi connectivity index (χ4n) is 2.84. The molecule has 2 amide bonds. The number of nitrogens with one attached hydrogen (secondary N) is 2. The summed E-state index contributed by atoms with van der Waals surface area (Å²) >= 11 is 0. The fraction of sp³-hybridized carbons (Fsp3) is 0.174. The minimum Gasteiger partial charge on any atom is -0.497 e. The van der Waals surface area contributed by atoms with Gasteiger partial charge in [0.1, 0.15) is 11.5 Å². The number of nitrogens with zero attached hydrogens (tertiary/aromatic N) is 1.